The number of pyridine rings is 1. The molecule has 2 aromatic rings. The predicted octanol–water partition coefficient (Wildman–Crippen LogP) is 2.67. The molecule has 26 heavy (non-hydrogen) atoms. The van der Waals surface area contributed by atoms with Crippen molar-refractivity contribution in [2.24, 2.45) is 0 Å². The number of amides is 2. The van der Waals surface area contributed by atoms with Gasteiger partial charge in [0, 0.05) is 46.0 Å². The molecule has 1 aromatic carbocycles. The highest BCUT2D eigenvalue weighted by molar-refractivity contribution is 5.91. The molecule has 0 spiro atoms. The molecular weight excluding hydrogens is 332 g/mol. The third-order valence-corrected chi connectivity index (χ3v) is 4.26. The summed E-state index contributed by atoms with van der Waals surface area (Å²) in [7, 11) is 1.70. The van der Waals surface area contributed by atoms with Crippen molar-refractivity contribution in [3.63, 3.8) is 0 Å². The van der Waals surface area contributed by atoms with Crippen LogP contribution in [0.1, 0.15) is 0 Å². The SMILES string of the molecule is COCCN1CCN(C(=O)Nc2ccccc2Oc2cccnc2)CC1. The van der Waals surface area contributed by atoms with E-state index >= 15 is 0 Å². The van der Waals surface area contributed by atoms with Gasteiger partial charge in [-0.25, -0.2) is 4.79 Å². The molecule has 0 bridgehead atoms. The first-order valence-corrected chi connectivity index (χ1v) is 8.70. The Morgan fingerprint density at radius 3 is 2.69 bits per heavy atom. The largest absolute Gasteiger partial charge is 0.454 e. The lowest BCUT2D eigenvalue weighted by molar-refractivity contribution is 0.109. The normalized spacial score (nSPS) is 14.9. The number of hydrogen-bond donors (Lipinski definition) is 1. The lowest BCUT2D eigenvalue weighted by Crippen LogP contribution is -2.50. The first kappa shape index (κ1) is 18.2. The Bertz CT molecular complexity index is 703. The van der Waals surface area contributed by atoms with E-state index in [2.05, 4.69) is 15.2 Å². The van der Waals surface area contributed by atoms with Crippen LogP contribution in [0.4, 0.5) is 10.5 Å². The van der Waals surface area contributed by atoms with Crippen molar-refractivity contribution in [1.82, 2.24) is 14.8 Å². The minimum atomic E-state index is -0.112. The molecular formula is C19H24N4O3. The van der Waals surface area contributed by atoms with E-state index in [1.807, 2.05) is 35.2 Å². The first-order valence-electron chi connectivity index (χ1n) is 8.70. The fourth-order valence-electron chi connectivity index (χ4n) is 2.78. The highest BCUT2D eigenvalue weighted by Crippen LogP contribution is 2.29. The van der Waals surface area contributed by atoms with Gasteiger partial charge in [0.1, 0.15) is 5.75 Å². The summed E-state index contributed by atoms with van der Waals surface area (Å²) in [6.45, 7) is 4.70. The maximum atomic E-state index is 12.6. The van der Waals surface area contributed by atoms with E-state index in [9.17, 15) is 4.79 Å². The van der Waals surface area contributed by atoms with Gasteiger partial charge in [-0.15, -0.1) is 0 Å². The number of piperazine rings is 1. The second-order valence-corrected chi connectivity index (χ2v) is 6.04. The molecule has 1 aliphatic heterocycles. The number of anilines is 1. The van der Waals surface area contributed by atoms with E-state index in [-0.39, 0.29) is 6.03 Å². The Morgan fingerprint density at radius 2 is 1.96 bits per heavy atom. The minimum Gasteiger partial charge on any atom is -0.454 e. The molecule has 7 heteroatoms. The van der Waals surface area contributed by atoms with Gasteiger partial charge in [0.25, 0.3) is 0 Å². The summed E-state index contributed by atoms with van der Waals surface area (Å²) in [5.41, 5.74) is 0.642. The van der Waals surface area contributed by atoms with Gasteiger partial charge in [-0.05, 0) is 24.3 Å². The molecule has 138 valence electrons. The standard InChI is InChI=1S/C19H24N4O3/c1-25-14-13-22-9-11-23(12-10-22)19(24)21-17-6-2-3-7-18(17)26-16-5-4-8-20-15-16/h2-8,15H,9-14H2,1H3,(H,21,24). The molecule has 0 radical (unpaired) electrons. The fraction of sp³-hybridized carbons (Fsp3) is 0.368. The van der Waals surface area contributed by atoms with E-state index in [0.29, 0.717) is 36.9 Å². The monoisotopic (exact) mass is 356 g/mol. The maximum absolute atomic E-state index is 12.6. The highest BCUT2D eigenvalue weighted by Gasteiger charge is 2.21. The summed E-state index contributed by atoms with van der Waals surface area (Å²) in [5, 5.41) is 2.96. The predicted molar refractivity (Wildman–Crippen MR) is 99.7 cm³/mol. The summed E-state index contributed by atoms with van der Waals surface area (Å²) in [4.78, 5) is 20.8. The van der Waals surface area contributed by atoms with E-state index in [0.717, 1.165) is 19.6 Å². The number of carbonyl (C=O) groups is 1. The molecule has 0 saturated carbocycles. The van der Waals surface area contributed by atoms with Crippen LogP contribution in [0, 0.1) is 0 Å². The van der Waals surface area contributed by atoms with Gasteiger partial charge in [-0.1, -0.05) is 12.1 Å². The van der Waals surface area contributed by atoms with E-state index < -0.39 is 0 Å². The van der Waals surface area contributed by atoms with Crippen LogP contribution in [-0.2, 0) is 4.74 Å². The number of methoxy groups -OCH3 is 1. The summed E-state index contributed by atoms with van der Waals surface area (Å²) in [6.07, 6.45) is 3.32. The summed E-state index contributed by atoms with van der Waals surface area (Å²) >= 11 is 0. The Kier molecular flexibility index (Phi) is 6.40. The van der Waals surface area contributed by atoms with Gasteiger partial charge < -0.3 is 19.7 Å². The Labute approximate surface area is 153 Å². The molecule has 2 heterocycles. The number of carbonyl (C=O) groups excluding carboxylic acids is 1. The Balaban J connectivity index is 1.58. The number of urea groups is 1. The maximum Gasteiger partial charge on any atom is 0.322 e. The molecule has 1 fully saturated rings. The van der Waals surface area contributed by atoms with Crippen molar-refractivity contribution in [2.45, 2.75) is 0 Å². The van der Waals surface area contributed by atoms with Crippen LogP contribution >= 0.6 is 0 Å². The highest BCUT2D eigenvalue weighted by atomic mass is 16.5. The molecule has 1 aliphatic rings. The van der Waals surface area contributed by atoms with Crippen LogP contribution in [0.3, 0.4) is 0 Å². The van der Waals surface area contributed by atoms with Gasteiger partial charge in [-0.3, -0.25) is 9.88 Å². The van der Waals surface area contributed by atoms with Crippen molar-refractivity contribution in [1.29, 1.82) is 0 Å². The van der Waals surface area contributed by atoms with E-state index in [1.165, 1.54) is 0 Å². The molecule has 0 unspecified atom stereocenters. The third-order valence-electron chi connectivity index (χ3n) is 4.26. The number of aromatic nitrogens is 1. The number of nitrogens with one attached hydrogen (secondary N) is 1. The van der Waals surface area contributed by atoms with Crippen LogP contribution < -0.4 is 10.1 Å². The average Bonchev–Trinajstić information content (AvgIpc) is 2.69. The van der Waals surface area contributed by atoms with Crippen LogP contribution in [0.25, 0.3) is 0 Å². The van der Waals surface area contributed by atoms with Crippen molar-refractivity contribution < 1.29 is 14.3 Å². The fourth-order valence-corrected chi connectivity index (χ4v) is 2.78. The second-order valence-electron chi connectivity index (χ2n) is 6.04. The molecule has 0 aliphatic carbocycles. The van der Waals surface area contributed by atoms with Crippen LogP contribution in [0.2, 0.25) is 0 Å². The topological polar surface area (TPSA) is 66.9 Å². The number of rotatable bonds is 6. The van der Waals surface area contributed by atoms with Crippen molar-refractivity contribution in [3.05, 3.63) is 48.8 Å². The minimum absolute atomic E-state index is 0.112. The molecule has 1 saturated heterocycles. The zero-order chi connectivity index (χ0) is 18.2. The molecule has 3 rings (SSSR count). The van der Waals surface area contributed by atoms with Gasteiger partial charge in [0.05, 0.1) is 18.5 Å². The number of hydrogen-bond acceptors (Lipinski definition) is 5. The van der Waals surface area contributed by atoms with Crippen molar-refractivity contribution in [2.75, 3.05) is 51.8 Å². The third kappa shape index (κ3) is 4.93. The molecule has 7 nitrogen and oxygen atoms in total. The van der Waals surface area contributed by atoms with Crippen LogP contribution in [0.15, 0.2) is 48.8 Å². The lowest BCUT2D eigenvalue weighted by Gasteiger charge is -2.34. The summed E-state index contributed by atoms with van der Waals surface area (Å²) in [6, 6.07) is 10.9. The number of ether oxygens (including phenoxy) is 2. The van der Waals surface area contributed by atoms with Gasteiger partial charge in [-0.2, -0.15) is 0 Å². The lowest BCUT2D eigenvalue weighted by atomic mass is 10.3. The molecule has 0 atom stereocenters. The zero-order valence-electron chi connectivity index (χ0n) is 14.9. The summed E-state index contributed by atoms with van der Waals surface area (Å²) in [5.74, 6) is 1.22. The second kappa shape index (κ2) is 9.17. The average molecular weight is 356 g/mol. The van der Waals surface area contributed by atoms with Crippen molar-refractivity contribution in [3.8, 4) is 11.5 Å². The van der Waals surface area contributed by atoms with Crippen LogP contribution in [-0.4, -0.2) is 67.3 Å². The van der Waals surface area contributed by atoms with E-state index in [4.69, 9.17) is 9.47 Å². The smallest absolute Gasteiger partial charge is 0.322 e. The molecule has 1 N–H and O–H groups in total. The van der Waals surface area contributed by atoms with Crippen LogP contribution in [0.5, 0.6) is 11.5 Å². The first-order chi connectivity index (χ1) is 12.8. The van der Waals surface area contributed by atoms with Gasteiger partial charge in [0.2, 0.25) is 0 Å². The molecule has 2 amide bonds. The van der Waals surface area contributed by atoms with E-state index in [1.54, 1.807) is 25.6 Å². The summed E-state index contributed by atoms with van der Waals surface area (Å²) < 4.78 is 10.9. The quantitative estimate of drug-likeness (QED) is 0.862. The number of para-hydroxylation sites is 2. The van der Waals surface area contributed by atoms with Gasteiger partial charge >= 0.3 is 6.03 Å². The number of benzene rings is 1. The molecule has 1 aromatic heterocycles. The Morgan fingerprint density at radius 1 is 1.15 bits per heavy atom. The zero-order valence-corrected chi connectivity index (χ0v) is 14.9. The Hall–Kier alpha value is -2.64. The number of nitrogens with zero attached hydrogens (tertiary/aromatic N) is 3. The van der Waals surface area contributed by atoms with Crippen molar-refractivity contribution >= 4 is 11.7 Å². The van der Waals surface area contributed by atoms with Gasteiger partial charge in [0.15, 0.2) is 5.75 Å².